The van der Waals surface area contributed by atoms with Crippen LogP contribution in [0.3, 0.4) is 0 Å². The van der Waals surface area contributed by atoms with E-state index in [0.29, 0.717) is 6.54 Å². The summed E-state index contributed by atoms with van der Waals surface area (Å²) in [7, 11) is 0. The first-order chi connectivity index (χ1) is 7.20. The van der Waals surface area contributed by atoms with Crippen LogP contribution in [0.25, 0.3) is 0 Å². The normalized spacial score (nSPS) is 13.0. The van der Waals surface area contributed by atoms with Crippen molar-refractivity contribution in [1.82, 2.24) is 9.78 Å². The molecule has 2 rings (SSSR count). The van der Waals surface area contributed by atoms with Gasteiger partial charge >= 0.3 is 0 Å². The van der Waals surface area contributed by atoms with Gasteiger partial charge < -0.3 is 10.2 Å². The van der Waals surface area contributed by atoms with E-state index in [4.69, 9.17) is 10.2 Å². The second-order valence-electron chi connectivity index (χ2n) is 3.34. The molecule has 2 heterocycles. The Morgan fingerprint density at radius 2 is 2.40 bits per heavy atom. The zero-order chi connectivity index (χ0) is 10.8. The van der Waals surface area contributed by atoms with Crippen LogP contribution in [0, 0.1) is 10.5 Å². The fraction of sp³-hybridized carbons (Fsp3) is 0.300. The number of nitrogens with two attached hydrogens (primary N) is 1. The summed E-state index contributed by atoms with van der Waals surface area (Å²) in [6.45, 7) is 2.40. The van der Waals surface area contributed by atoms with Crippen molar-refractivity contribution in [2.24, 2.45) is 5.73 Å². The van der Waals surface area contributed by atoms with Gasteiger partial charge in [0.25, 0.3) is 0 Å². The molecule has 5 heteroatoms. The molecule has 0 amide bonds. The molecule has 0 fully saturated rings. The van der Waals surface area contributed by atoms with Crippen molar-refractivity contribution in [2.75, 3.05) is 6.54 Å². The zero-order valence-electron chi connectivity index (χ0n) is 8.35. The average molecular weight is 317 g/mol. The monoisotopic (exact) mass is 317 g/mol. The summed E-state index contributed by atoms with van der Waals surface area (Å²) in [5, 5.41) is 4.24. The van der Waals surface area contributed by atoms with Gasteiger partial charge in [-0.1, -0.05) is 0 Å². The van der Waals surface area contributed by atoms with E-state index < -0.39 is 0 Å². The molecule has 80 valence electrons. The topological polar surface area (TPSA) is 57.0 Å². The second-order valence-corrected chi connectivity index (χ2v) is 4.58. The fourth-order valence-electron chi connectivity index (χ4n) is 1.47. The van der Waals surface area contributed by atoms with E-state index >= 15 is 0 Å². The van der Waals surface area contributed by atoms with Crippen LogP contribution < -0.4 is 5.73 Å². The van der Waals surface area contributed by atoms with E-state index in [2.05, 4.69) is 27.7 Å². The standard InChI is InChI=1S/C10H12IN3O/c1-7-2-3-10(15-7)9(4-12)14-6-8(11)5-13-14/h2-3,5-6,9H,4,12H2,1H3. The van der Waals surface area contributed by atoms with E-state index in [1.165, 1.54) is 0 Å². The third kappa shape index (κ3) is 2.23. The van der Waals surface area contributed by atoms with Gasteiger partial charge in [0, 0.05) is 12.7 Å². The smallest absolute Gasteiger partial charge is 0.130 e. The number of hydrogen-bond acceptors (Lipinski definition) is 3. The average Bonchev–Trinajstić information content (AvgIpc) is 2.78. The number of hydrogen-bond donors (Lipinski definition) is 1. The minimum atomic E-state index is -0.0118. The van der Waals surface area contributed by atoms with Gasteiger partial charge in [-0.15, -0.1) is 0 Å². The van der Waals surface area contributed by atoms with Crippen LogP contribution in [0.5, 0.6) is 0 Å². The van der Waals surface area contributed by atoms with Crippen molar-refractivity contribution in [3.63, 3.8) is 0 Å². The van der Waals surface area contributed by atoms with Crippen molar-refractivity contribution >= 4 is 22.6 Å². The Hall–Kier alpha value is -0.820. The molecule has 1 unspecified atom stereocenters. The highest BCUT2D eigenvalue weighted by Gasteiger charge is 2.16. The van der Waals surface area contributed by atoms with Crippen molar-refractivity contribution in [3.8, 4) is 0 Å². The van der Waals surface area contributed by atoms with Gasteiger partial charge in [-0.05, 0) is 41.6 Å². The predicted octanol–water partition coefficient (Wildman–Crippen LogP) is 1.94. The van der Waals surface area contributed by atoms with Gasteiger partial charge in [-0.3, -0.25) is 4.68 Å². The third-order valence-electron chi connectivity index (χ3n) is 2.20. The number of halogens is 1. The molecule has 4 nitrogen and oxygen atoms in total. The maximum absolute atomic E-state index is 5.73. The molecule has 2 aromatic heterocycles. The van der Waals surface area contributed by atoms with Crippen LogP contribution in [0.2, 0.25) is 0 Å². The molecule has 2 aromatic rings. The quantitative estimate of drug-likeness (QED) is 0.880. The minimum absolute atomic E-state index is 0.0118. The Bertz CT molecular complexity index is 409. The van der Waals surface area contributed by atoms with Crippen molar-refractivity contribution in [2.45, 2.75) is 13.0 Å². The molecular formula is C10H12IN3O. The highest BCUT2D eigenvalue weighted by molar-refractivity contribution is 14.1. The number of rotatable bonds is 3. The summed E-state index contributed by atoms with van der Waals surface area (Å²) in [6.07, 6.45) is 3.76. The van der Waals surface area contributed by atoms with Gasteiger partial charge in [0.05, 0.1) is 9.77 Å². The van der Waals surface area contributed by atoms with Gasteiger partial charge in [0.1, 0.15) is 17.6 Å². The summed E-state index contributed by atoms with van der Waals surface area (Å²) < 4.78 is 8.48. The largest absolute Gasteiger partial charge is 0.464 e. The molecular weight excluding hydrogens is 305 g/mol. The lowest BCUT2D eigenvalue weighted by atomic mass is 10.2. The lowest BCUT2D eigenvalue weighted by Crippen LogP contribution is -2.20. The van der Waals surface area contributed by atoms with Crippen LogP contribution in [-0.2, 0) is 0 Å². The first-order valence-corrected chi connectivity index (χ1v) is 5.74. The van der Waals surface area contributed by atoms with Gasteiger partial charge in [0.2, 0.25) is 0 Å². The number of nitrogens with zero attached hydrogens (tertiary/aromatic N) is 2. The van der Waals surface area contributed by atoms with Crippen molar-refractivity contribution in [1.29, 1.82) is 0 Å². The molecule has 0 aliphatic heterocycles. The van der Waals surface area contributed by atoms with Crippen molar-refractivity contribution in [3.05, 3.63) is 39.6 Å². The summed E-state index contributed by atoms with van der Waals surface area (Å²) >= 11 is 2.22. The highest BCUT2D eigenvalue weighted by Crippen LogP contribution is 2.19. The van der Waals surface area contributed by atoms with E-state index in [0.717, 1.165) is 15.1 Å². The van der Waals surface area contributed by atoms with Crippen LogP contribution in [0.1, 0.15) is 17.6 Å². The van der Waals surface area contributed by atoms with Crippen LogP contribution in [-0.4, -0.2) is 16.3 Å². The Morgan fingerprint density at radius 1 is 1.60 bits per heavy atom. The third-order valence-corrected chi connectivity index (χ3v) is 2.76. The van der Waals surface area contributed by atoms with Gasteiger partial charge in [-0.2, -0.15) is 5.10 Å². The maximum Gasteiger partial charge on any atom is 0.130 e. The molecule has 0 spiro atoms. The lowest BCUT2D eigenvalue weighted by molar-refractivity contribution is 0.398. The van der Waals surface area contributed by atoms with E-state index in [-0.39, 0.29) is 6.04 Å². The van der Waals surface area contributed by atoms with E-state index in [1.54, 1.807) is 6.20 Å². The molecule has 0 bridgehead atoms. The first kappa shape index (κ1) is 10.7. The summed E-state index contributed by atoms with van der Waals surface area (Å²) in [5.41, 5.74) is 5.73. The molecule has 0 aliphatic rings. The molecule has 15 heavy (non-hydrogen) atoms. The van der Waals surface area contributed by atoms with Crippen LogP contribution in [0.15, 0.2) is 28.9 Å². The van der Waals surface area contributed by atoms with Crippen LogP contribution >= 0.6 is 22.6 Å². The van der Waals surface area contributed by atoms with E-state index in [1.807, 2.05) is 29.9 Å². The van der Waals surface area contributed by atoms with Crippen LogP contribution in [0.4, 0.5) is 0 Å². The lowest BCUT2D eigenvalue weighted by Gasteiger charge is -2.12. The highest BCUT2D eigenvalue weighted by atomic mass is 127. The minimum Gasteiger partial charge on any atom is -0.464 e. The number of furan rings is 1. The molecule has 2 N–H and O–H groups in total. The Kier molecular flexibility index (Phi) is 3.11. The molecule has 0 aromatic carbocycles. The second kappa shape index (κ2) is 4.36. The van der Waals surface area contributed by atoms with Gasteiger partial charge in [-0.25, -0.2) is 0 Å². The molecule has 0 aliphatic carbocycles. The molecule has 1 atom stereocenters. The molecule has 0 radical (unpaired) electrons. The Labute approximate surface area is 102 Å². The van der Waals surface area contributed by atoms with E-state index in [9.17, 15) is 0 Å². The van der Waals surface area contributed by atoms with Crippen molar-refractivity contribution < 1.29 is 4.42 Å². The SMILES string of the molecule is Cc1ccc(C(CN)n2cc(I)cn2)o1. The summed E-state index contributed by atoms with van der Waals surface area (Å²) in [5.74, 6) is 1.75. The summed E-state index contributed by atoms with van der Waals surface area (Å²) in [4.78, 5) is 0. The summed E-state index contributed by atoms with van der Waals surface area (Å²) in [6, 6.07) is 3.87. The maximum atomic E-state index is 5.73. The number of aromatic nitrogens is 2. The Balaban J connectivity index is 2.32. The predicted molar refractivity (Wildman–Crippen MR) is 65.6 cm³/mol. The number of aryl methyl sites for hydroxylation is 1. The van der Waals surface area contributed by atoms with Gasteiger partial charge in [0.15, 0.2) is 0 Å². The fourth-order valence-corrected chi connectivity index (χ4v) is 1.88. The zero-order valence-corrected chi connectivity index (χ0v) is 10.5. The first-order valence-electron chi connectivity index (χ1n) is 4.67. The molecule has 0 saturated carbocycles. The molecule has 0 saturated heterocycles. The Morgan fingerprint density at radius 3 is 2.87 bits per heavy atom.